The van der Waals surface area contributed by atoms with Crippen molar-refractivity contribution in [1.82, 2.24) is 15.5 Å². The van der Waals surface area contributed by atoms with E-state index in [9.17, 15) is 4.57 Å². The van der Waals surface area contributed by atoms with Crippen molar-refractivity contribution in [2.45, 2.75) is 32.7 Å². The Morgan fingerprint density at radius 3 is 2.49 bits per heavy atom. The van der Waals surface area contributed by atoms with E-state index in [1.54, 1.807) is 0 Å². The van der Waals surface area contributed by atoms with Crippen molar-refractivity contribution in [1.29, 1.82) is 0 Å². The molecule has 0 saturated carbocycles. The molecule has 0 bridgehead atoms. The minimum atomic E-state index is -3.95. The van der Waals surface area contributed by atoms with Gasteiger partial charge in [0.05, 0.1) is 6.16 Å². The van der Waals surface area contributed by atoms with E-state index in [0.29, 0.717) is 31.3 Å². The fourth-order valence-corrected chi connectivity index (χ4v) is 4.68. The Balaban J connectivity index is 1.56. The van der Waals surface area contributed by atoms with Gasteiger partial charge in [-0.15, -0.1) is 10.2 Å². The molecule has 8 heteroatoms. The van der Waals surface area contributed by atoms with Crippen LogP contribution in [0.2, 0.25) is 0 Å². The number of nitrogens with one attached hydrogen (secondary N) is 1. The smallest absolute Gasteiger partial charge is 0.325 e. The maximum atomic E-state index is 11.0. The highest BCUT2D eigenvalue weighted by molar-refractivity contribution is 7.51. The Morgan fingerprint density at radius 1 is 1.00 bits per heavy atom. The first-order chi connectivity index (χ1) is 16.9. The minimum Gasteiger partial charge on any atom is -0.417 e. The van der Waals surface area contributed by atoms with Gasteiger partial charge in [-0.1, -0.05) is 74.0 Å². The van der Waals surface area contributed by atoms with E-state index in [-0.39, 0.29) is 6.16 Å². The summed E-state index contributed by atoms with van der Waals surface area (Å²) in [7, 11) is -3.95. The monoisotopic (exact) mass is 491 g/mol. The van der Waals surface area contributed by atoms with E-state index < -0.39 is 7.60 Å². The molecule has 3 N–H and O–H groups in total. The van der Waals surface area contributed by atoms with Crippen molar-refractivity contribution < 1.29 is 18.8 Å². The van der Waals surface area contributed by atoms with Crippen molar-refractivity contribution in [2.24, 2.45) is 0 Å². The molecule has 4 rings (SSSR count). The number of hydrogen-bond acceptors (Lipinski definition) is 5. The van der Waals surface area contributed by atoms with Crippen molar-refractivity contribution in [2.75, 3.05) is 12.7 Å². The first-order valence-corrected chi connectivity index (χ1v) is 13.6. The van der Waals surface area contributed by atoms with Crippen LogP contribution in [0.4, 0.5) is 0 Å². The summed E-state index contributed by atoms with van der Waals surface area (Å²) in [6.07, 6.45) is 4.20. The number of rotatable bonds is 11. The lowest BCUT2D eigenvalue weighted by Crippen LogP contribution is -2.16. The summed E-state index contributed by atoms with van der Waals surface area (Å²) in [6.45, 7) is 3.27. The highest BCUT2D eigenvalue weighted by Gasteiger charge is 2.14. The van der Waals surface area contributed by atoms with Crippen LogP contribution in [0, 0.1) is 0 Å². The van der Waals surface area contributed by atoms with Gasteiger partial charge in [-0.05, 0) is 52.9 Å². The predicted molar refractivity (Wildman–Crippen MR) is 140 cm³/mol. The molecule has 0 radical (unpaired) electrons. The molecule has 4 aromatic rings. The maximum Gasteiger partial charge on any atom is 0.325 e. The average molecular weight is 492 g/mol. The van der Waals surface area contributed by atoms with E-state index in [4.69, 9.17) is 14.2 Å². The predicted octanol–water partition coefficient (Wildman–Crippen LogP) is 5.89. The fraction of sp³-hybridized carbons (Fsp3) is 0.259. The molecular formula is C27H30N3O4P. The van der Waals surface area contributed by atoms with Crippen LogP contribution in [0.5, 0.6) is 0 Å². The Bertz CT molecular complexity index is 1350. The second-order valence-electron chi connectivity index (χ2n) is 8.47. The third-order valence-electron chi connectivity index (χ3n) is 5.77. The van der Waals surface area contributed by atoms with E-state index in [2.05, 4.69) is 40.6 Å². The Labute approximate surface area is 205 Å². The zero-order valence-corrected chi connectivity index (χ0v) is 20.6. The first-order valence-electron chi connectivity index (χ1n) is 11.8. The molecule has 0 aliphatic carbocycles. The third kappa shape index (κ3) is 6.74. The lowest BCUT2D eigenvalue weighted by molar-refractivity contribution is 0.371. The molecule has 35 heavy (non-hydrogen) atoms. The molecule has 0 unspecified atom stereocenters. The molecule has 0 aliphatic heterocycles. The number of benzene rings is 3. The molecule has 1 heterocycles. The van der Waals surface area contributed by atoms with E-state index in [0.717, 1.165) is 45.9 Å². The molecule has 0 fully saturated rings. The normalized spacial score (nSPS) is 12.4. The van der Waals surface area contributed by atoms with E-state index in [1.165, 1.54) is 0 Å². The maximum absolute atomic E-state index is 11.0. The summed E-state index contributed by atoms with van der Waals surface area (Å²) < 4.78 is 17.1. The fourth-order valence-electron chi connectivity index (χ4n) is 4.11. The highest BCUT2D eigenvalue weighted by atomic mass is 31.2. The molecule has 0 amide bonds. The van der Waals surface area contributed by atoms with Gasteiger partial charge in [0.2, 0.25) is 11.8 Å². The van der Waals surface area contributed by atoms with Gasteiger partial charge in [-0.3, -0.25) is 4.57 Å². The van der Waals surface area contributed by atoms with Crippen LogP contribution >= 0.6 is 7.60 Å². The van der Waals surface area contributed by atoms with Crippen LogP contribution in [0.15, 0.2) is 71.1 Å². The standard InChI is InChI=1S/C27H30N3O4P/c1-2-9-21(20-10-4-3-5-11-20)18-26-29-30-27(34-26)25-15-14-22(23-12-6-7-13-24(23)25)19-28-16-8-17-35(31,32)33/h3-7,10-15,18,28H,2,8-9,16-17,19H2,1H3,(H2,31,32,33)/b21-18+. The molecule has 3 aromatic carbocycles. The van der Waals surface area contributed by atoms with Crippen LogP contribution in [0.3, 0.4) is 0 Å². The van der Waals surface area contributed by atoms with Crippen LogP contribution in [-0.2, 0) is 11.1 Å². The van der Waals surface area contributed by atoms with Crippen LogP contribution in [-0.4, -0.2) is 32.7 Å². The molecule has 0 saturated heterocycles. The summed E-state index contributed by atoms with van der Waals surface area (Å²) in [5, 5.41) is 14.0. The van der Waals surface area contributed by atoms with Gasteiger partial charge in [-0.2, -0.15) is 0 Å². The molecule has 0 spiro atoms. The summed E-state index contributed by atoms with van der Waals surface area (Å²) in [6, 6.07) is 22.3. The second-order valence-corrected chi connectivity index (χ2v) is 10.2. The van der Waals surface area contributed by atoms with Gasteiger partial charge in [0.15, 0.2) is 0 Å². The summed E-state index contributed by atoms with van der Waals surface area (Å²) in [5.74, 6) is 0.949. The van der Waals surface area contributed by atoms with Crippen LogP contribution in [0.1, 0.15) is 43.2 Å². The van der Waals surface area contributed by atoms with Gasteiger partial charge in [0.1, 0.15) is 0 Å². The quantitative estimate of drug-likeness (QED) is 0.177. The molecule has 182 valence electrons. The van der Waals surface area contributed by atoms with Crippen molar-refractivity contribution in [3.05, 3.63) is 83.7 Å². The first kappa shape index (κ1) is 25.0. The lowest BCUT2D eigenvalue weighted by Gasteiger charge is -2.11. The number of aromatic nitrogens is 2. The number of hydrogen-bond donors (Lipinski definition) is 3. The topological polar surface area (TPSA) is 108 Å². The van der Waals surface area contributed by atoms with Crippen molar-refractivity contribution >= 4 is 30.0 Å². The van der Waals surface area contributed by atoms with Gasteiger partial charge >= 0.3 is 7.60 Å². The van der Waals surface area contributed by atoms with Crippen molar-refractivity contribution in [3.63, 3.8) is 0 Å². The van der Waals surface area contributed by atoms with Gasteiger partial charge in [0, 0.05) is 18.2 Å². The van der Waals surface area contributed by atoms with Gasteiger partial charge in [-0.25, -0.2) is 0 Å². The molecular weight excluding hydrogens is 461 g/mol. The summed E-state index contributed by atoms with van der Waals surface area (Å²) in [4.78, 5) is 18.0. The Morgan fingerprint density at radius 2 is 1.74 bits per heavy atom. The molecule has 0 aliphatic rings. The molecule has 0 atom stereocenters. The van der Waals surface area contributed by atoms with Crippen LogP contribution in [0.25, 0.3) is 33.9 Å². The third-order valence-corrected chi connectivity index (χ3v) is 6.66. The Kier molecular flexibility index (Phi) is 8.26. The highest BCUT2D eigenvalue weighted by Crippen LogP contribution is 2.34. The average Bonchev–Trinajstić information content (AvgIpc) is 3.31. The zero-order valence-electron chi connectivity index (χ0n) is 19.7. The molecule has 7 nitrogen and oxygen atoms in total. The van der Waals surface area contributed by atoms with E-state index in [1.807, 2.05) is 54.6 Å². The summed E-state index contributed by atoms with van der Waals surface area (Å²) >= 11 is 0. The van der Waals surface area contributed by atoms with Crippen LogP contribution < -0.4 is 5.32 Å². The van der Waals surface area contributed by atoms with Gasteiger partial charge in [0.25, 0.3) is 0 Å². The number of allylic oxidation sites excluding steroid dienone is 1. The summed E-state index contributed by atoms with van der Waals surface area (Å²) in [5.41, 5.74) is 4.27. The largest absolute Gasteiger partial charge is 0.417 e. The lowest BCUT2D eigenvalue weighted by atomic mass is 9.99. The number of fused-ring (bicyclic) bond motifs is 1. The SMILES string of the molecule is CCC/C(=C\c1nnc(-c2ccc(CNCCCP(=O)(O)O)c3ccccc23)o1)c1ccccc1. The van der Waals surface area contributed by atoms with E-state index >= 15 is 0 Å². The number of nitrogens with zero attached hydrogens (tertiary/aromatic N) is 2. The van der Waals surface area contributed by atoms with Gasteiger partial charge < -0.3 is 19.5 Å². The Hall–Kier alpha value is -3.09. The second kappa shape index (κ2) is 11.6. The zero-order chi connectivity index (χ0) is 24.7. The van der Waals surface area contributed by atoms with Crippen molar-refractivity contribution in [3.8, 4) is 11.5 Å². The molecule has 1 aromatic heterocycles. The minimum absolute atomic E-state index is 0.113.